The van der Waals surface area contributed by atoms with Crippen molar-refractivity contribution in [2.45, 2.75) is 9.79 Å². The van der Waals surface area contributed by atoms with Gasteiger partial charge in [0.05, 0.1) is 0 Å². The van der Waals surface area contributed by atoms with E-state index in [0.29, 0.717) is 0 Å². The first-order chi connectivity index (χ1) is 7.77. The molecule has 16 heavy (non-hydrogen) atoms. The van der Waals surface area contributed by atoms with Crippen LogP contribution in [-0.4, -0.2) is 0 Å². The zero-order valence-corrected chi connectivity index (χ0v) is 10.3. The Bertz CT molecular complexity index is 687. The Labute approximate surface area is 105 Å². The molecule has 0 unspecified atom stereocenters. The fourth-order valence-electron chi connectivity index (χ4n) is 2.06. The molecule has 3 aromatic carbocycles. The first-order valence-corrected chi connectivity index (χ1v) is 5.99. The molecule has 0 atom stereocenters. The lowest BCUT2D eigenvalue weighted by Gasteiger charge is -2.07. The maximum atomic E-state index is 4.51. The van der Waals surface area contributed by atoms with Gasteiger partial charge in [-0.3, -0.25) is 0 Å². The van der Waals surface area contributed by atoms with E-state index in [1.807, 2.05) is 6.07 Å². The summed E-state index contributed by atoms with van der Waals surface area (Å²) in [5, 5.41) is 4.92. The van der Waals surface area contributed by atoms with Crippen LogP contribution >= 0.6 is 25.3 Å². The SMILES string of the molecule is Sc1ccc2c(ccc3ccccc32)c1S. The molecule has 2 heteroatoms. The van der Waals surface area contributed by atoms with E-state index in [1.165, 1.54) is 16.2 Å². The highest BCUT2D eigenvalue weighted by Crippen LogP contribution is 2.32. The maximum Gasteiger partial charge on any atom is 0.0253 e. The van der Waals surface area contributed by atoms with Crippen LogP contribution in [0, 0.1) is 0 Å². The quantitative estimate of drug-likeness (QED) is 0.419. The Morgan fingerprint density at radius 2 is 1.38 bits per heavy atom. The molecule has 0 bridgehead atoms. The molecular formula is C14H10S2. The molecular weight excluding hydrogens is 232 g/mol. The Kier molecular flexibility index (Phi) is 2.34. The summed E-state index contributed by atoms with van der Waals surface area (Å²) in [5.41, 5.74) is 0. The molecule has 0 aliphatic heterocycles. The van der Waals surface area contributed by atoms with Gasteiger partial charge in [0.2, 0.25) is 0 Å². The third-order valence-corrected chi connectivity index (χ3v) is 3.91. The smallest absolute Gasteiger partial charge is 0.0253 e. The normalized spacial score (nSPS) is 11.1. The van der Waals surface area contributed by atoms with Crippen LogP contribution in [0.1, 0.15) is 0 Å². The minimum absolute atomic E-state index is 0.922. The summed E-state index contributed by atoms with van der Waals surface area (Å²) >= 11 is 8.90. The Morgan fingerprint density at radius 3 is 2.25 bits per heavy atom. The van der Waals surface area contributed by atoms with Crippen molar-refractivity contribution >= 4 is 46.8 Å². The van der Waals surface area contributed by atoms with E-state index in [-0.39, 0.29) is 0 Å². The molecule has 0 radical (unpaired) electrons. The molecule has 0 spiro atoms. The molecule has 0 aliphatic rings. The van der Waals surface area contributed by atoms with Crippen molar-refractivity contribution in [3.05, 3.63) is 48.5 Å². The maximum absolute atomic E-state index is 4.51. The minimum Gasteiger partial charge on any atom is -0.142 e. The van der Waals surface area contributed by atoms with Gasteiger partial charge < -0.3 is 0 Å². The van der Waals surface area contributed by atoms with E-state index < -0.39 is 0 Å². The summed E-state index contributed by atoms with van der Waals surface area (Å²) in [4.78, 5) is 1.87. The van der Waals surface area contributed by atoms with Crippen LogP contribution in [0.4, 0.5) is 0 Å². The van der Waals surface area contributed by atoms with Crippen LogP contribution in [0.2, 0.25) is 0 Å². The Balaban J connectivity index is 2.58. The van der Waals surface area contributed by atoms with Gasteiger partial charge in [0.1, 0.15) is 0 Å². The topological polar surface area (TPSA) is 0 Å². The van der Waals surface area contributed by atoms with Crippen molar-refractivity contribution in [3.8, 4) is 0 Å². The van der Waals surface area contributed by atoms with Gasteiger partial charge in [-0.25, -0.2) is 0 Å². The number of hydrogen-bond donors (Lipinski definition) is 2. The third-order valence-electron chi connectivity index (χ3n) is 2.88. The van der Waals surface area contributed by atoms with Gasteiger partial charge in [-0.05, 0) is 27.6 Å². The monoisotopic (exact) mass is 242 g/mol. The fourth-order valence-corrected chi connectivity index (χ4v) is 2.53. The highest BCUT2D eigenvalue weighted by molar-refractivity contribution is 7.83. The lowest BCUT2D eigenvalue weighted by Crippen LogP contribution is -1.80. The van der Waals surface area contributed by atoms with Crippen molar-refractivity contribution in [2.75, 3.05) is 0 Å². The Hall–Kier alpha value is -1.12. The van der Waals surface area contributed by atoms with Crippen molar-refractivity contribution < 1.29 is 0 Å². The van der Waals surface area contributed by atoms with Crippen LogP contribution in [0.15, 0.2) is 58.3 Å². The summed E-state index contributed by atoms with van der Waals surface area (Å²) in [6.07, 6.45) is 0. The summed E-state index contributed by atoms with van der Waals surface area (Å²) < 4.78 is 0. The molecule has 0 amide bonds. The zero-order valence-electron chi connectivity index (χ0n) is 8.51. The van der Waals surface area contributed by atoms with Gasteiger partial charge >= 0.3 is 0 Å². The first kappa shape index (κ1) is 10.1. The first-order valence-electron chi connectivity index (χ1n) is 5.10. The van der Waals surface area contributed by atoms with Gasteiger partial charge in [0.15, 0.2) is 0 Å². The summed E-state index contributed by atoms with van der Waals surface area (Å²) in [6.45, 7) is 0. The van der Waals surface area contributed by atoms with E-state index in [9.17, 15) is 0 Å². The highest BCUT2D eigenvalue weighted by Gasteiger charge is 2.04. The molecule has 0 heterocycles. The highest BCUT2D eigenvalue weighted by atomic mass is 32.1. The second kappa shape index (κ2) is 3.72. The van der Waals surface area contributed by atoms with Crippen LogP contribution in [-0.2, 0) is 0 Å². The zero-order chi connectivity index (χ0) is 11.1. The molecule has 0 nitrogen and oxygen atoms in total. The van der Waals surface area contributed by atoms with E-state index in [0.717, 1.165) is 15.2 Å². The molecule has 0 aliphatic carbocycles. The average Bonchev–Trinajstić information content (AvgIpc) is 2.33. The van der Waals surface area contributed by atoms with Crippen LogP contribution in [0.5, 0.6) is 0 Å². The molecule has 0 saturated carbocycles. The van der Waals surface area contributed by atoms with Crippen LogP contribution in [0.25, 0.3) is 21.5 Å². The van der Waals surface area contributed by atoms with Gasteiger partial charge in [0.25, 0.3) is 0 Å². The Morgan fingerprint density at radius 1 is 0.625 bits per heavy atom. The third kappa shape index (κ3) is 1.41. The minimum atomic E-state index is 0.922. The largest absolute Gasteiger partial charge is 0.142 e. The van der Waals surface area contributed by atoms with E-state index in [2.05, 4.69) is 67.7 Å². The second-order valence-corrected chi connectivity index (χ2v) is 4.74. The summed E-state index contributed by atoms with van der Waals surface area (Å²) in [5.74, 6) is 0. The molecule has 78 valence electrons. The predicted molar refractivity (Wildman–Crippen MR) is 76.0 cm³/mol. The van der Waals surface area contributed by atoms with Gasteiger partial charge in [-0.2, -0.15) is 0 Å². The average molecular weight is 242 g/mol. The molecule has 3 aromatic rings. The predicted octanol–water partition coefficient (Wildman–Crippen LogP) is 4.57. The number of hydrogen-bond acceptors (Lipinski definition) is 2. The van der Waals surface area contributed by atoms with E-state index in [1.54, 1.807) is 0 Å². The molecule has 0 aromatic heterocycles. The molecule has 0 saturated heterocycles. The molecule has 3 rings (SSSR count). The number of fused-ring (bicyclic) bond motifs is 3. The fraction of sp³-hybridized carbons (Fsp3) is 0. The van der Waals surface area contributed by atoms with Gasteiger partial charge in [-0.15, -0.1) is 25.3 Å². The lowest BCUT2D eigenvalue weighted by atomic mass is 10.0. The number of rotatable bonds is 0. The number of benzene rings is 3. The van der Waals surface area contributed by atoms with Crippen molar-refractivity contribution in [2.24, 2.45) is 0 Å². The molecule has 0 N–H and O–H groups in total. The van der Waals surface area contributed by atoms with Gasteiger partial charge in [0, 0.05) is 9.79 Å². The van der Waals surface area contributed by atoms with E-state index >= 15 is 0 Å². The van der Waals surface area contributed by atoms with Crippen molar-refractivity contribution in [1.82, 2.24) is 0 Å². The van der Waals surface area contributed by atoms with Crippen molar-refractivity contribution in [3.63, 3.8) is 0 Å². The summed E-state index contributed by atoms with van der Waals surface area (Å²) in [7, 11) is 0. The standard InChI is InChI=1S/C14H10S2/c15-13-8-7-11-10-4-2-1-3-9(10)5-6-12(11)14(13)16/h1-8,15-16H. The van der Waals surface area contributed by atoms with Crippen LogP contribution < -0.4 is 0 Å². The second-order valence-electron chi connectivity index (χ2n) is 3.82. The van der Waals surface area contributed by atoms with Gasteiger partial charge in [-0.1, -0.05) is 42.5 Å². The molecule has 0 fully saturated rings. The lowest BCUT2D eigenvalue weighted by molar-refractivity contribution is 1.33. The van der Waals surface area contributed by atoms with Crippen molar-refractivity contribution in [1.29, 1.82) is 0 Å². The van der Waals surface area contributed by atoms with E-state index in [4.69, 9.17) is 0 Å². The van der Waals surface area contributed by atoms with Crippen LogP contribution in [0.3, 0.4) is 0 Å². The number of thiol groups is 2. The summed E-state index contributed by atoms with van der Waals surface area (Å²) in [6, 6.07) is 16.7.